The molecule has 0 aliphatic carbocycles. The van der Waals surface area contributed by atoms with Gasteiger partial charge in [0.1, 0.15) is 0 Å². The first-order valence-corrected chi connectivity index (χ1v) is 6.95. The molecule has 0 bridgehead atoms. The summed E-state index contributed by atoms with van der Waals surface area (Å²) in [5, 5.41) is 9.09. The van der Waals surface area contributed by atoms with Gasteiger partial charge in [-0.2, -0.15) is 0 Å². The van der Waals surface area contributed by atoms with E-state index < -0.39 is 5.97 Å². The number of aliphatic carboxylic acids is 1. The Morgan fingerprint density at radius 2 is 1.83 bits per heavy atom. The van der Waals surface area contributed by atoms with Crippen LogP contribution in [0.4, 0.5) is 0 Å². The molecule has 1 aliphatic heterocycles. The zero-order valence-corrected chi connectivity index (χ0v) is 11.9. The molecule has 1 N–H and O–H groups in total. The van der Waals surface area contributed by atoms with Gasteiger partial charge in [-0.1, -0.05) is 12.8 Å². The maximum Gasteiger partial charge on any atom is 0.304 e. The molecule has 0 spiro atoms. The van der Waals surface area contributed by atoms with Crippen molar-refractivity contribution in [3.63, 3.8) is 0 Å². The Hall–Kier alpha value is -0.610. The Labute approximate surface area is 110 Å². The maximum atomic E-state index is 11.0. The molecule has 0 radical (unpaired) electrons. The molecule has 106 valence electrons. The molecule has 1 rings (SSSR count). The summed E-state index contributed by atoms with van der Waals surface area (Å²) in [6, 6.07) is 0.0931. The number of nitrogens with zero attached hydrogens (tertiary/aromatic N) is 1. The fraction of sp³-hybridized carbons (Fsp3) is 0.929. The minimum atomic E-state index is -0.712. The monoisotopic (exact) mass is 257 g/mol. The lowest BCUT2D eigenvalue weighted by Crippen LogP contribution is -2.42. The van der Waals surface area contributed by atoms with Crippen molar-refractivity contribution < 1.29 is 14.6 Å². The fourth-order valence-corrected chi connectivity index (χ4v) is 2.64. The lowest BCUT2D eigenvalue weighted by molar-refractivity contribution is -0.139. The maximum absolute atomic E-state index is 11.0. The summed E-state index contributed by atoms with van der Waals surface area (Å²) in [5.41, 5.74) is -0.258. The van der Waals surface area contributed by atoms with E-state index in [4.69, 9.17) is 9.84 Å². The first kappa shape index (κ1) is 15.4. The minimum Gasteiger partial charge on any atom is -0.481 e. The van der Waals surface area contributed by atoms with Gasteiger partial charge in [-0.15, -0.1) is 0 Å². The number of carbonyl (C=O) groups is 1. The third-order valence-corrected chi connectivity index (χ3v) is 3.85. The zero-order valence-electron chi connectivity index (χ0n) is 11.9. The van der Waals surface area contributed by atoms with Gasteiger partial charge in [0.15, 0.2) is 0 Å². The molecular formula is C14H27NO3. The van der Waals surface area contributed by atoms with Crippen LogP contribution in [0.3, 0.4) is 0 Å². The van der Waals surface area contributed by atoms with Gasteiger partial charge in [-0.3, -0.25) is 9.69 Å². The average molecular weight is 257 g/mol. The number of hydrogen-bond acceptors (Lipinski definition) is 3. The van der Waals surface area contributed by atoms with Gasteiger partial charge in [0, 0.05) is 13.2 Å². The van der Waals surface area contributed by atoms with Crippen molar-refractivity contribution in [1.29, 1.82) is 0 Å². The second-order valence-corrected chi connectivity index (χ2v) is 5.87. The van der Waals surface area contributed by atoms with Gasteiger partial charge < -0.3 is 9.84 Å². The third-order valence-electron chi connectivity index (χ3n) is 3.85. The summed E-state index contributed by atoms with van der Waals surface area (Å²) in [6.07, 6.45) is 5.89. The molecule has 0 aromatic rings. The quantitative estimate of drug-likeness (QED) is 0.794. The van der Waals surface area contributed by atoms with Gasteiger partial charge in [-0.05, 0) is 46.2 Å². The predicted molar refractivity (Wildman–Crippen MR) is 71.8 cm³/mol. The number of hydrogen-bond donors (Lipinski definition) is 1. The number of methoxy groups -OCH3 is 1. The van der Waals surface area contributed by atoms with E-state index in [9.17, 15) is 4.79 Å². The summed E-state index contributed by atoms with van der Waals surface area (Å²) >= 11 is 0. The largest absolute Gasteiger partial charge is 0.481 e. The molecule has 4 heteroatoms. The van der Waals surface area contributed by atoms with E-state index in [2.05, 4.69) is 4.90 Å². The van der Waals surface area contributed by atoms with Crippen molar-refractivity contribution in [1.82, 2.24) is 4.90 Å². The topological polar surface area (TPSA) is 49.8 Å². The van der Waals surface area contributed by atoms with Crippen LogP contribution in [0.15, 0.2) is 0 Å². The van der Waals surface area contributed by atoms with Gasteiger partial charge in [-0.25, -0.2) is 0 Å². The molecule has 0 saturated carbocycles. The first-order chi connectivity index (χ1) is 8.44. The van der Waals surface area contributed by atoms with Crippen LogP contribution >= 0.6 is 0 Å². The van der Waals surface area contributed by atoms with Gasteiger partial charge in [0.2, 0.25) is 0 Å². The highest BCUT2D eigenvalue weighted by Gasteiger charge is 2.29. The normalized spacial score (nSPS) is 20.4. The molecule has 1 unspecified atom stereocenters. The molecule has 0 aromatic carbocycles. The van der Waals surface area contributed by atoms with Crippen molar-refractivity contribution in [2.24, 2.45) is 0 Å². The Balaban J connectivity index is 2.66. The number of rotatable bonds is 6. The summed E-state index contributed by atoms with van der Waals surface area (Å²) < 4.78 is 5.45. The Morgan fingerprint density at radius 1 is 1.28 bits per heavy atom. The van der Waals surface area contributed by atoms with E-state index in [-0.39, 0.29) is 18.1 Å². The lowest BCUT2D eigenvalue weighted by atomic mass is 9.95. The molecule has 18 heavy (non-hydrogen) atoms. The number of carboxylic acids is 1. The van der Waals surface area contributed by atoms with E-state index in [0.717, 1.165) is 19.5 Å². The smallest absolute Gasteiger partial charge is 0.304 e. The average Bonchev–Trinajstić information content (AvgIpc) is 2.55. The highest BCUT2D eigenvalue weighted by molar-refractivity contribution is 5.67. The van der Waals surface area contributed by atoms with Crippen molar-refractivity contribution in [3.05, 3.63) is 0 Å². The van der Waals surface area contributed by atoms with E-state index in [1.807, 2.05) is 13.8 Å². The predicted octanol–water partition coefficient (Wildman–Crippen LogP) is 2.52. The molecule has 1 fully saturated rings. The third kappa shape index (κ3) is 5.36. The SMILES string of the molecule is COC(C)(C)CC(CC(=O)O)N1CCCCCC1. The Bertz CT molecular complexity index is 258. The molecule has 0 amide bonds. The molecule has 0 aromatic heterocycles. The van der Waals surface area contributed by atoms with Gasteiger partial charge >= 0.3 is 5.97 Å². The molecule has 1 saturated heterocycles. The van der Waals surface area contributed by atoms with E-state index in [1.165, 1.54) is 25.7 Å². The molecule has 1 aliphatic rings. The van der Waals surface area contributed by atoms with Crippen LogP contribution in [0.1, 0.15) is 52.4 Å². The molecule has 1 heterocycles. The lowest BCUT2D eigenvalue weighted by Gasteiger charge is -2.35. The van der Waals surface area contributed by atoms with Crippen LogP contribution in [-0.4, -0.2) is 47.8 Å². The van der Waals surface area contributed by atoms with Crippen LogP contribution in [-0.2, 0) is 9.53 Å². The summed E-state index contributed by atoms with van der Waals surface area (Å²) in [4.78, 5) is 13.4. The van der Waals surface area contributed by atoms with E-state index >= 15 is 0 Å². The van der Waals surface area contributed by atoms with Crippen molar-refractivity contribution in [2.45, 2.75) is 64.0 Å². The minimum absolute atomic E-state index is 0.0931. The summed E-state index contributed by atoms with van der Waals surface area (Å²) in [5.74, 6) is -0.712. The molecular weight excluding hydrogens is 230 g/mol. The van der Waals surface area contributed by atoms with Gasteiger partial charge in [0.25, 0.3) is 0 Å². The zero-order chi connectivity index (χ0) is 13.6. The number of likely N-dealkylation sites (tertiary alicyclic amines) is 1. The van der Waals surface area contributed by atoms with Crippen LogP contribution < -0.4 is 0 Å². The van der Waals surface area contributed by atoms with Crippen molar-refractivity contribution in [3.8, 4) is 0 Å². The van der Waals surface area contributed by atoms with Crippen LogP contribution in [0.2, 0.25) is 0 Å². The summed E-state index contributed by atoms with van der Waals surface area (Å²) in [6.45, 7) is 6.11. The first-order valence-electron chi connectivity index (χ1n) is 6.95. The standard InChI is InChI=1S/C14H27NO3/c1-14(2,18-3)11-12(10-13(16)17)15-8-6-4-5-7-9-15/h12H,4-11H2,1-3H3,(H,16,17). The second kappa shape index (κ2) is 7.10. The van der Waals surface area contributed by atoms with Gasteiger partial charge in [0.05, 0.1) is 12.0 Å². The number of carboxylic acid groups (broad SMARTS) is 1. The Morgan fingerprint density at radius 3 is 2.28 bits per heavy atom. The van der Waals surface area contributed by atoms with Crippen LogP contribution in [0.25, 0.3) is 0 Å². The highest BCUT2D eigenvalue weighted by atomic mass is 16.5. The van der Waals surface area contributed by atoms with Crippen molar-refractivity contribution in [2.75, 3.05) is 20.2 Å². The summed E-state index contributed by atoms with van der Waals surface area (Å²) in [7, 11) is 1.69. The Kier molecular flexibility index (Phi) is 6.09. The molecule has 4 nitrogen and oxygen atoms in total. The van der Waals surface area contributed by atoms with Crippen LogP contribution in [0, 0.1) is 0 Å². The van der Waals surface area contributed by atoms with Crippen LogP contribution in [0.5, 0.6) is 0 Å². The molecule has 1 atom stereocenters. The fourth-order valence-electron chi connectivity index (χ4n) is 2.64. The van der Waals surface area contributed by atoms with E-state index in [1.54, 1.807) is 7.11 Å². The highest BCUT2D eigenvalue weighted by Crippen LogP contribution is 2.23. The number of ether oxygens (including phenoxy) is 1. The van der Waals surface area contributed by atoms with E-state index in [0.29, 0.717) is 0 Å². The van der Waals surface area contributed by atoms with Crippen molar-refractivity contribution >= 4 is 5.97 Å². The second-order valence-electron chi connectivity index (χ2n) is 5.87.